The Morgan fingerprint density at radius 1 is 1.07 bits per heavy atom. The molecule has 0 aliphatic heterocycles. The quantitative estimate of drug-likeness (QED) is 0.568. The molecule has 29 heavy (non-hydrogen) atoms. The molecule has 1 amide bonds. The lowest BCUT2D eigenvalue weighted by atomic mass is 10.1. The number of hydrogen-bond donors (Lipinski definition) is 2. The second-order valence-corrected chi connectivity index (χ2v) is 6.54. The van der Waals surface area contributed by atoms with E-state index in [9.17, 15) is 13.6 Å². The van der Waals surface area contributed by atoms with E-state index in [0.717, 1.165) is 6.07 Å². The Kier molecular flexibility index (Phi) is 5.93. The summed E-state index contributed by atoms with van der Waals surface area (Å²) in [6, 6.07) is 8.26. The lowest BCUT2D eigenvalue weighted by Crippen LogP contribution is -2.16. The highest BCUT2D eigenvalue weighted by Gasteiger charge is 2.19. The molecule has 0 aliphatic rings. The van der Waals surface area contributed by atoms with Crippen molar-refractivity contribution in [2.24, 2.45) is 0 Å². The minimum Gasteiger partial charge on any atom is -0.481 e. The third-order valence-electron chi connectivity index (χ3n) is 4.14. The number of methoxy groups -OCH3 is 1. The molecule has 1 aromatic carbocycles. The van der Waals surface area contributed by atoms with Crippen LogP contribution in [0.3, 0.4) is 0 Å². The maximum absolute atomic E-state index is 14.0. The Bertz CT molecular complexity index is 1090. The van der Waals surface area contributed by atoms with Crippen LogP contribution in [0, 0.1) is 25.5 Å². The van der Waals surface area contributed by atoms with Crippen LogP contribution in [-0.2, 0) is 0 Å². The fourth-order valence-electron chi connectivity index (χ4n) is 2.60. The van der Waals surface area contributed by atoms with Crippen LogP contribution in [0.5, 0.6) is 5.88 Å². The number of benzene rings is 1. The van der Waals surface area contributed by atoms with E-state index in [0.29, 0.717) is 28.5 Å². The number of pyridine rings is 2. The van der Waals surface area contributed by atoms with Crippen molar-refractivity contribution in [1.82, 2.24) is 9.97 Å². The van der Waals surface area contributed by atoms with Crippen molar-refractivity contribution in [2.45, 2.75) is 13.8 Å². The highest BCUT2D eigenvalue weighted by molar-refractivity contribution is 6.30. The van der Waals surface area contributed by atoms with E-state index >= 15 is 0 Å². The van der Waals surface area contributed by atoms with Gasteiger partial charge in [-0.1, -0.05) is 11.6 Å². The predicted molar refractivity (Wildman–Crippen MR) is 107 cm³/mol. The number of halogens is 3. The van der Waals surface area contributed by atoms with Gasteiger partial charge in [-0.3, -0.25) is 4.79 Å². The molecule has 3 aromatic rings. The lowest BCUT2D eigenvalue weighted by molar-refractivity contribution is 0.102. The van der Waals surface area contributed by atoms with Gasteiger partial charge in [0.1, 0.15) is 11.6 Å². The molecule has 0 fully saturated rings. The number of carbonyl (C=O) groups is 1. The molecule has 0 unspecified atom stereocenters. The van der Waals surface area contributed by atoms with E-state index in [4.69, 9.17) is 16.3 Å². The Morgan fingerprint density at radius 2 is 1.79 bits per heavy atom. The highest BCUT2D eigenvalue weighted by atomic mass is 35.5. The number of rotatable bonds is 5. The van der Waals surface area contributed by atoms with Gasteiger partial charge in [-0.25, -0.2) is 18.7 Å². The Labute approximate surface area is 170 Å². The second-order valence-electron chi connectivity index (χ2n) is 6.18. The third kappa shape index (κ3) is 4.60. The number of anilines is 3. The monoisotopic (exact) mass is 418 g/mol. The van der Waals surface area contributed by atoms with Gasteiger partial charge in [0.15, 0.2) is 11.0 Å². The zero-order chi connectivity index (χ0) is 21.1. The molecular weight excluding hydrogens is 402 g/mol. The molecule has 0 atom stereocenters. The number of ether oxygens (including phenoxy) is 1. The second kappa shape index (κ2) is 8.40. The van der Waals surface area contributed by atoms with Crippen LogP contribution in [0.25, 0.3) is 0 Å². The van der Waals surface area contributed by atoms with Gasteiger partial charge in [0, 0.05) is 11.8 Å². The van der Waals surface area contributed by atoms with Crippen LogP contribution in [0.4, 0.5) is 26.0 Å². The maximum atomic E-state index is 14.0. The Balaban J connectivity index is 1.95. The first kappa shape index (κ1) is 20.5. The summed E-state index contributed by atoms with van der Waals surface area (Å²) in [5.41, 5.74) is 1.94. The lowest BCUT2D eigenvalue weighted by Gasteiger charge is -2.14. The van der Waals surface area contributed by atoms with Gasteiger partial charge < -0.3 is 15.4 Å². The first-order chi connectivity index (χ1) is 13.8. The van der Waals surface area contributed by atoms with Crippen LogP contribution in [-0.4, -0.2) is 23.0 Å². The minimum atomic E-state index is -0.845. The number of aryl methyl sites for hydroxylation is 2. The normalized spacial score (nSPS) is 10.6. The first-order valence-electron chi connectivity index (χ1n) is 8.50. The van der Waals surface area contributed by atoms with E-state index in [1.807, 2.05) is 0 Å². The Hall–Kier alpha value is -3.26. The molecule has 2 N–H and O–H groups in total. The number of carbonyl (C=O) groups excluding carboxylic acids is 1. The van der Waals surface area contributed by atoms with Gasteiger partial charge in [0.25, 0.3) is 5.91 Å². The van der Waals surface area contributed by atoms with Gasteiger partial charge >= 0.3 is 0 Å². The van der Waals surface area contributed by atoms with Crippen molar-refractivity contribution in [3.8, 4) is 5.88 Å². The van der Waals surface area contributed by atoms with Crippen LogP contribution in [0.1, 0.15) is 21.6 Å². The van der Waals surface area contributed by atoms with Crippen molar-refractivity contribution in [1.29, 1.82) is 0 Å². The van der Waals surface area contributed by atoms with Crippen LogP contribution in [0.15, 0.2) is 36.4 Å². The standard InChI is InChI=1S/C20H17ClF2N4O2/c1-10-8-12(22)4-5-15(10)25-19-13(9-14(23)18(21)27-19)20(28)26-16-6-7-17(29-3)24-11(16)2/h4-9H,1-3H3,(H,25,27)(H,26,28). The summed E-state index contributed by atoms with van der Waals surface area (Å²) in [6.07, 6.45) is 0. The fraction of sp³-hybridized carbons (Fsp3) is 0.150. The molecule has 9 heteroatoms. The van der Waals surface area contributed by atoms with E-state index in [1.54, 1.807) is 26.0 Å². The third-order valence-corrected chi connectivity index (χ3v) is 4.40. The fourth-order valence-corrected chi connectivity index (χ4v) is 2.74. The molecule has 0 aliphatic carbocycles. The summed E-state index contributed by atoms with van der Waals surface area (Å²) in [5.74, 6) is -1.44. The van der Waals surface area contributed by atoms with Gasteiger partial charge in [0.05, 0.1) is 24.1 Å². The molecule has 150 valence electrons. The zero-order valence-electron chi connectivity index (χ0n) is 15.8. The van der Waals surface area contributed by atoms with Crippen molar-refractivity contribution in [2.75, 3.05) is 17.7 Å². The zero-order valence-corrected chi connectivity index (χ0v) is 16.6. The van der Waals surface area contributed by atoms with Crippen LogP contribution >= 0.6 is 11.6 Å². The molecule has 0 spiro atoms. The van der Waals surface area contributed by atoms with Gasteiger partial charge in [-0.2, -0.15) is 0 Å². The summed E-state index contributed by atoms with van der Waals surface area (Å²) in [4.78, 5) is 20.9. The van der Waals surface area contributed by atoms with Crippen molar-refractivity contribution < 1.29 is 18.3 Å². The topological polar surface area (TPSA) is 76.1 Å². The number of nitrogens with zero attached hydrogens (tertiary/aromatic N) is 2. The molecular formula is C20H17ClF2N4O2. The minimum absolute atomic E-state index is 0.0303. The highest BCUT2D eigenvalue weighted by Crippen LogP contribution is 2.27. The summed E-state index contributed by atoms with van der Waals surface area (Å²) in [7, 11) is 1.48. The predicted octanol–water partition coefficient (Wildman–Crippen LogP) is 5.03. The molecule has 6 nitrogen and oxygen atoms in total. The van der Waals surface area contributed by atoms with Gasteiger partial charge in [-0.15, -0.1) is 0 Å². The SMILES string of the molecule is COc1ccc(NC(=O)c2cc(F)c(Cl)nc2Nc2ccc(F)cc2C)c(C)n1. The summed E-state index contributed by atoms with van der Waals surface area (Å²) < 4.78 is 32.4. The van der Waals surface area contributed by atoms with Crippen molar-refractivity contribution >= 4 is 34.7 Å². The van der Waals surface area contributed by atoms with Crippen LogP contribution in [0.2, 0.25) is 5.15 Å². The van der Waals surface area contributed by atoms with Crippen LogP contribution < -0.4 is 15.4 Å². The van der Waals surface area contributed by atoms with E-state index in [1.165, 1.54) is 25.3 Å². The molecule has 0 saturated carbocycles. The van der Waals surface area contributed by atoms with E-state index in [-0.39, 0.29) is 11.4 Å². The molecule has 0 saturated heterocycles. The Morgan fingerprint density at radius 3 is 2.45 bits per heavy atom. The molecule has 3 rings (SSSR count). The molecule has 0 bridgehead atoms. The molecule has 2 heterocycles. The molecule has 2 aromatic heterocycles. The number of amides is 1. The van der Waals surface area contributed by atoms with Gasteiger partial charge in [-0.05, 0) is 49.7 Å². The van der Waals surface area contributed by atoms with E-state index < -0.39 is 22.7 Å². The smallest absolute Gasteiger partial charge is 0.259 e. The number of nitrogens with one attached hydrogen (secondary N) is 2. The largest absolute Gasteiger partial charge is 0.481 e. The first-order valence-corrected chi connectivity index (χ1v) is 8.88. The average Bonchev–Trinajstić information content (AvgIpc) is 2.68. The van der Waals surface area contributed by atoms with Crippen molar-refractivity contribution in [3.05, 3.63) is 70.0 Å². The van der Waals surface area contributed by atoms with Gasteiger partial charge in [0.2, 0.25) is 5.88 Å². The summed E-state index contributed by atoms with van der Waals surface area (Å²) >= 11 is 5.80. The van der Waals surface area contributed by atoms with Crippen molar-refractivity contribution in [3.63, 3.8) is 0 Å². The summed E-state index contributed by atoms with van der Waals surface area (Å²) in [6.45, 7) is 3.38. The molecule has 0 radical (unpaired) electrons. The summed E-state index contributed by atoms with van der Waals surface area (Å²) in [5, 5.41) is 5.18. The number of aromatic nitrogens is 2. The maximum Gasteiger partial charge on any atom is 0.259 e. The number of hydrogen-bond acceptors (Lipinski definition) is 5. The average molecular weight is 419 g/mol. The van der Waals surface area contributed by atoms with E-state index in [2.05, 4.69) is 20.6 Å².